The highest BCUT2D eigenvalue weighted by Crippen LogP contribution is 2.31. The minimum Gasteiger partial charge on any atom is -0.497 e. The maximum atomic E-state index is 6.06. The summed E-state index contributed by atoms with van der Waals surface area (Å²) in [6.07, 6.45) is 1.48. The Bertz CT molecular complexity index is 795. The van der Waals surface area contributed by atoms with Crippen molar-refractivity contribution in [3.8, 4) is 5.75 Å². The minimum absolute atomic E-state index is 0.578. The molecular weight excluding hydrogens is 298 g/mol. The molecule has 0 spiro atoms. The zero-order chi connectivity index (χ0) is 15.5. The summed E-state index contributed by atoms with van der Waals surface area (Å²) in [5.41, 5.74) is 8.91. The number of ether oxygens (including phenoxy) is 1. The van der Waals surface area contributed by atoms with E-state index in [0.717, 1.165) is 45.0 Å². The second-order valence-electron chi connectivity index (χ2n) is 5.21. The Morgan fingerprint density at radius 2 is 2.05 bits per heavy atom. The van der Waals surface area contributed by atoms with E-state index < -0.39 is 0 Å². The molecule has 22 heavy (non-hydrogen) atoms. The highest BCUT2D eigenvalue weighted by atomic mass is 35.5. The molecule has 2 aromatic carbocycles. The van der Waals surface area contributed by atoms with Gasteiger partial charge in [-0.15, -0.1) is 0 Å². The number of fused-ring (bicyclic) bond motifs is 1. The molecule has 0 saturated carbocycles. The molecule has 0 radical (unpaired) electrons. The Hall–Kier alpha value is -1.97. The third-order valence-electron chi connectivity index (χ3n) is 3.73. The predicted molar refractivity (Wildman–Crippen MR) is 89.8 cm³/mol. The van der Waals surface area contributed by atoms with Crippen LogP contribution in [0.1, 0.15) is 16.9 Å². The van der Waals surface area contributed by atoms with Crippen molar-refractivity contribution in [1.29, 1.82) is 0 Å². The third-order valence-corrected chi connectivity index (χ3v) is 3.96. The number of halogens is 1. The van der Waals surface area contributed by atoms with Crippen molar-refractivity contribution in [1.82, 2.24) is 0 Å². The first-order chi connectivity index (χ1) is 10.7. The number of furan rings is 1. The van der Waals surface area contributed by atoms with Gasteiger partial charge in [0.15, 0.2) is 0 Å². The molecule has 0 atom stereocenters. The summed E-state index contributed by atoms with van der Waals surface area (Å²) in [7, 11) is 1.66. The largest absolute Gasteiger partial charge is 0.497 e. The first kappa shape index (κ1) is 14.9. The van der Waals surface area contributed by atoms with Crippen LogP contribution in [0.3, 0.4) is 0 Å². The van der Waals surface area contributed by atoms with Gasteiger partial charge in [-0.2, -0.15) is 0 Å². The summed E-state index contributed by atoms with van der Waals surface area (Å²) in [6.45, 7) is 0.578. The van der Waals surface area contributed by atoms with E-state index >= 15 is 0 Å². The third kappa shape index (κ3) is 2.96. The summed E-state index contributed by atoms with van der Waals surface area (Å²) in [6, 6.07) is 13.7. The summed E-state index contributed by atoms with van der Waals surface area (Å²) >= 11 is 6.06. The van der Waals surface area contributed by atoms with Gasteiger partial charge < -0.3 is 14.9 Å². The van der Waals surface area contributed by atoms with Crippen molar-refractivity contribution in [3.05, 3.63) is 64.4 Å². The first-order valence-corrected chi connectivity index (χ1v) is 7.62. The molecule has 1 aromatic heterocycles. The van der Waals surface area contributed by atoms with E-state index in [-0.39, 0.29) is 0 Å². The molecule has 0 unspecified atom stereocenters. The fourth-order valence-electron chi connectivity index (χ4n) is 2.70. The van der Waals surface area contributed by atoms with Crippen LogP contribution in [0.4, 0.5) is 0 Å². The van der Waals surface area contributed by atoms with Gasteiger partial charge in [-0.25, -0.2) is 0 Å². The van der Waals surface area contributed by atoms with Crippen LogP contribution in [0.5, 0.6) is 5.75 Å². The van der Waals surface area contributed by atoms with E-state index in [0.29, 0.717) is 13.0 Å². The fraction of sp³-hybridized carbons (Fsp3) is 0.222. The van der Waals surface area contributed by atoms with Crippen LogP contribution in [0.25, 0.3) is 11.0 Å². The Kier molecular flexibility index (Phi) is 4.36. The van der Waals surface area contributed by atoms with Crippen LogP contribution in [-0.2, 0) is 12.8 Å². The van der Waals surface area contributed by atoms with Crippen molar-refractivity contribution >= 4 is 22.6 Å². The molecule has 3 nitrogen and oxygen atoms in total. The molecule has 0 amide bonds. The molecule has 1 heterocycles. The van der Waals surface area contributed by atoms with Gasteiger partial charge in [0.05, 0.1) is 7.11 Å². The molecule has 3 aromatic rings. The van der Waals surface area contributed by atoms with E-state index in [2.05, 4.69) is 0 Å². The van der Waals surface area contributed by atoms with Crippen LogP contribution in [0, 0.1) is 0 Å². The van der Waals surface area contributed by atoms with Gasteiger partial charge in [0.1, 0.15) is 17.1 Å². The lowest BCUT2D eigenvalue weighted by Crippen LogP contribution is -2.04. The highest BCUT2D eigenvalue weighted by Gasteiger charge is 2.15. The Balaban J connectivity index is 2.06. The van der Waals surface area contributed by atoms with Crippen molar-refractivity contribution in [2.45, 2.75) is 12.8 Å². The lowest BCUT2D eigenvalue weighted by molar-refractivity contribution is 0.415. The van der Waals surface area contributed by atoms with Crippen LogP contribution in [0.15, 0.2) is 46.9 Å². The highest BCUT2D eigenvalue weighted by molar-refractivity contribution is 6.30. The van der Waals surface area contributed by atoms with Gasteiger partial charge in [0, 0.05) is 22.4 Å². The first-order valence-electron chi connectivity index (χ1n) is 7.24. The van der Waals surface area contributed by atoms with Crippen molar-refractivity contribution in [3.63, 3.8) is 0 Å². The van der Waals surface area contributed by atoms with E-state index in [9.17, 15) is 0 Å². The zero-order valence-electron chi connectivity index (χ0n) is 12.4. The molecule has 4 heteroatoms. The fourth-order valence-corrected chi connectivity index (χ4v) is 2.91. The molecule has 114 valence electrons. The number of benzene rings is 2. The Morgan fingerprint density at radius 3 is 2.77 bits per heavy atom. The van der Waals surface area contributed by atoms with Gasteiger partial charge in [-0.1, -0.05) is 23.7 Å². The quantitative estimate of drug-likeness (QED) is 0.768. The number of hydrogen-bond acceptors (Lipinski definition) is 3. The number of nitrogens with two attached hydrogens (primary N) is 1. The van der Waals surface area contributed by atoms with E-state index in [1.807, 2.05) is 42.5 Å². The Morgan fingerprint density at radius 1 is 1.18 bits per heavy atom. The monoisotopic (exact) mass is 315 g/mol. The second-order valence-corrected chi connectivity index (χ2v) is 5.65. The topological polar surface area (TPSA) is 48.4 Å². The van der Waals surface area contributed by atoms with Gasteiger partial charge in [-0.3, -0.25) is 0 Å². The maximum Gasteiger partial charge on any atom is 0.134 e. The van der Waals surface area contributed by atoms with E-state index in [1.54, 1.807) is 7.11 Å². The smallest absolute Gasteiger partial charge is 0.134 e. The summed E-state index contributed by atoms with van der Waals surface area (Å²) in [5.74, 6) is 1.76. The molecule has 0 fully saturated rings. The minimum atomic E-state index is 0.578. The standard InChI is InChI=1S/C18H18ClNO2/c1-21-14-5-6-17-16(11-14)15(7-8-20)18(22-17)10-12-3-2-4-13(19)9-12/h2-6,9,11H,7-8,10,20H2,1H3. The second kappa shape index (κ2) is 6.42. The molecule has 0 aliphatic heterocycles. The molecule has 0 aliphatic carbocycles. The van der Waals surface area contributed by atoms with Crippen molar-refractivity contribution < 1.29 is 9.15 Å². The molecule has 0 saturated heterocycles. The van der Waals surface area contributed by atoms with Crippen LogP contribution < -0.4 is 10.5 Å². The van der Waals surface area contributed by atoms with Gasteiger partial charge in [0.2, 0.25) is 0 Å². The number of methoxy groups -OCH3 is 1. The predicted octanol–water partition coefficient (Wildman–Crippen LogP) is 4.19. The van der Waals surface area contributed by atoms with E-state index in [1.165, 1.54) is 0 Å². The van der Waals surface area contributed by atoms with Crippen molar-refractivity contribution in [2.24, 2.45) is 5.73 Å². The normalized spacial score (nSPS) is 11.0. The Labute approximate surface area is 134 Å². The molecule has 2 N–H and O–H groups in total. The lowest BCUT2D eigenvalue weighted by Gasteiger charge is -2.03. The van der Waals surface area contributed by atoms with Gasteiger partial charge in [-0.05, 0) is 48.9 Å². The summed E-state index contributed by atoms with van der Waals surface area (Å²) < 4.78 is 11.3. The van der Waals surface area contributed by atoms with Crippen LogP contribution >= 0.6 is 11.6 Å². The SMILES string of the molecule is COc1ccc2oc(Cc3cccc(Cl)c3)c(CCN)c2c1. The number of rotatable bonds is 5. The van der Waals surface area contributed by atoms with Gasteiger partial charge in [0.25, 0.3) is 0 Å². The summed E-state index contributed by atoms with van der Waals surface area (Å²) in [5, 5.41) is 1.80. The van der Waals surface area contributed by atoms with Crippen molar-refractivity contribution in [2.75, 3.05) is 13.7 Å². The van der Waals surface area contributed by atoms with Crippen LogP contribution in [0.2, 0.25) is 5.02 Å². The molecular formula is C18H18ClNO2. The van der Waals surface area contributed by atoms with Crippen LogP contribution in [-0.4, -0.2) is 13.7 Å². The molecule has 0 aliphatic rings. The number of hydrogen-bond donors (Lipinski definition) is 1. The molecule has 0 bridgehead atoms. The average Bonchev–Trinajstić information content (AvgIpc) is 2.84. The zero-order valence-corrected chi connectivity index (χ0v) is 13.2. The van der Waals surface area contributed by atoms with Gasteiger partial charge >= 0.3 is 0 Å². The average molecular weight is 316 g/mol. The summed E-state index contributed by atoms with van der Waals surface area (Å²) in [4.78, 5) is 0. The lowest BCUT2D eigenvalue weighted by atomic mass is 10.0. The maximum absolute atomic E-state index is 6.06. The molecule has 3 rings (SSSR count). The van der Waals surface area contributed by atoms with E-state index in [4.69, 9.17) is 26.5 Å².